The normalized spacial score (nSPS) is 13.3. The number of rotatable bonds is 7. The summed E-state index contributed by atoms with van der Waals surface area (Å²) in [6, 6.07) is 17.5. The number of nitrogens with one attached hydrogen (secondary N) is 1. The predicted molar refractivity (Wildman–Crippen MR) is 124 cm³/mol. The first kappa shape index (κ1) is 21.0. The van der Waals surface area contributed by atoms with Gasteiger partial charge in [-0.15, -0.1) is 20.4 Å². The number of fused-ring (bicyclic) bond motifs is 1. The molecule has 3 heterocycles. The van der Waals surface area contributed by atoms with Gasteiger partial charge in [0.15, 0.2) is 5.82 Å². The average Bonchev–Trinajstić information content (AvgIpc) is 3.41. The molecule has 33 heavy (non-hydrogen) atoms. The number of carbonyl (C=O) groups is 1. The smallest absolute Gasteiger partial charge is 0.224 e. The summed E-state index contributed by atoms with van der Waals surface area (Å²) in [5.41, 5.74) is 2.65. The monoisotopic (exact) mass is 442 g/mol. The van der Waals surface area contributed by atoms with Crippen LogP contribution < -0.4 is 5.32 Å². The topological polar surface area (TPSA) is 103 Å². The van der Waals surface area contributed by atoms with Crippen LogP contribution in [-0.2, 0) is 24.3 Å². The van der Waals surface area contributed by atoms with Crippen LogP contribution in [0.25, 0.3) is 22.8 Å². The molecule has 1 N–H and O–H groups in total. The maximum absolute atomic E-state index is 12.5. The van der Waals surface area contributed by atoms with E-state index in [1.54, 1.807) is 0 Å². The van der Waals surface area contributed by atoms with E-state index in [1.165, 1.54) is 11.2 Å². The second-order valence-electron chi connectivity index (χ2n) is 8.21. The number of nitrogens with zero attached hydrogens (tertiary/aromatic N) is 7. The Labute approximate surface area is 191 Å². The van der Waals surface area contributed by atoms with Crippen LogP contribution in [0, 0.1) is 0 Å². The zero-order valence-corrected chi connectivity index (χ0v) is 18.4. The van der Waals surface area contributed by atoms with Crippen LogP contribution in [0.15, 0.2) is 54.6 Å². The van der Waals surface area contributed by atoms with Gasteiger partial charge >= 0.3 is 0 Å². The van der Waals surface area contributed by atoms with Gasteiger partial charge in [-0.2, -0.15) is 4.80 Å². The highest BCUT2D eigenvalue weighted by molar-refractivity contribution is 5.91. The van der Waals surface area contributed by atoms with Crippen molar-refractivity contribution in [1.29, 1.82) is 0 Å². The molecule has 2 aromatic carbocycles. The molecule has 0 atom stereocenters. The summed E-state index contributed by atoms with van der Waals surface area (Å²) >= 11 is 0. The summed E-state index contributed by atoms with van der Waals surface area (Å²) in [4.78, 5) is 14.0. The van der Waals surface area contributed by atoms with Crippen molar-refractivity contribution in [3.63, 3.8) is 0 Å². The summed E-state index contributed by atoms with van der Waals surface area (Å²) in [5, 5.41) is 24.4. The molecular weight excluding hydrogens is 416 g/mol. The molecule has 168 valence electrons. The number of amides is 1. The molecular formula is C24H26N8O. The number of carbonyl (C=O) groups excluding carboxylic acids is 1. The summed E-state index contributed by atoms with van der Waals surface area (Å²) < 4.78 is 2.21. The third-order valence-corrected chi connectivity index (χ3v) is 5.76. The molecule has 0 bridgehead atoms. The predicted octanol–water partition coefficient (Wildman–Crippen LogP) is 3.74. The fourth-order valence-corrected chi connectivity index (χ4v) is 4.08. The molecule has 0 aliphatic carbocycles. The molecule has 5 rings (SSSR count). The molecule has 9 nitrogen and oxygen atoms in total. The fraction of sp³-hybridized carbons (Fsp3) is 0.333. The highest BCUT2D eigenvalue weighted by Gasteiger charge is 2.16. The highest BCUT2D eigenvalue weighted by Crippen LogP contribution is 2.25. The number of hydrogen-bond donors (Lipinski definition) is 1. The van der Waals surface area contributed by atoms with Crippen molar-refractivity contribution >= 4 is 11.6 Å². The van der Waals surface area contributed by atoms with Gasteiger partial charge in [-0.25, -0.2) is 0 Å². The molecule has 0 saturated carbocycles. The third kappa shape index (κ3) is 4.97. The van der Waals surface area contributed by atoms with Crippen molar-refractivity contribution < 1.29 is 4.79 Å². The van der Waals surface area contributed by atoms with Gasteiger partial charge in [0.25, 0.3) is 0 Å². The van der Waals surface area contributed by atoms with Gasteiger partial charge in [0, 0.05) is 36.2 Å². The molecule has 1 aliphatic heterocycles. The Morgan fingerprint density at radius 2 is 1.82 bits per heavy atom. The lowest BCUT2D eigenvalue weighted by Crippen LogP contribution is -2.13. The summed E-state index contributed by atoms with van der Waals surface area (Å²) in [6.07, 6.45) is 5.47. The Morgan fingerprint density at radius 1 is 0.939 bits per heavy atom. The van der Waals surface area contributed by atoms with E-state index < -0.39 is 0 Å². The maximum atomic E-state index is 12.5. The zero-order valence-electron chi connectivity index (χ0n) is 18.4. The average molecular weight is 443 g/mol. The van der Waals surface area contributed by atoms with Crippen LogP contribution in [0.2, 0.25) is 0 Å². The Kier molecular flexibility index (Phi) is 6.19. The second-order valence-corrected chi connectivity index (χ2v) is 8.21. The van der Waals surface area contributed by atoms with E-state index in [-0.39, 0.29) is 5.91 Å². The molecule has 2 aromatic heterocycles. The Hall–Kier alpha value is -3.88. The lowest BCUT2D eigenvalue weighted by molar-refractivity contribution is -0.116. The minimum Gasteiger partial charge on any atom is -0.326 e. The lowest BCUT2D eigenvalue weighted by atomic mass is 10.1. The van der Waals surface area contributed by atoms with Gasteiger partial charge in [-0.1, -0.05) is 48.9 Å². The first-order valence-electron chi connectivity index (χ1n) is 11.4. The molecule has 0 spiro atoms. The summed E-state index contributed by atoms with van der Waals surface area (Å²) in [6.45, 7) is 1.47. The molecule has 0 fully saturated rings. The van der Waals surface area contributed by atoms with Crippen LogP contribution >= 0.6 is 0 Å². The van der Waals surface area contributed by atoms with Crippen LogP contribution in [0.3, 0.4) is 0 Å². The fourth-order valence-electron chi connectivity index (χ4n) is 4.08. The van der Waals surface area contributed by atoms with E-state index in [4.69, 9.17) is 0 Å². The summed E-state index contributed by atoms with van der Waals surface area (Å²) in [5.74, 6) is 2.46. The molecule has 0 saturated heterocycles. The van der Waals surface area contributed by atoms with E-state index in [9.17, 15) is 4.79 Å². The maximum Gasteiger partial charge on any atom is 0.224 e. The largest absolute Gasteiger partial charge is 0.326 e. The van der Waals surface area contributed by atoms with Crippen molar-refractivity contribution in [2.24, 2.45) is 0 Å². The molecule has 0 radical (unpaired) electrons. The second kappa shape index (κ2) is 9.72. The molecule has 0 unspecified atom stereocenters. The standard InChI is InChI=1S/C24H26N8O/c33-22(14-8-16-32-29-23(27-30-32)18-9-3-1-4-10-18)25-20-12-7-11-19(17-20)24-28-26-21-13-5-2-6-15-31(21)24/h1,3-4,7,9-12,17H,2,5-6,8,13-16H2,(H,25,33). The van der Waals surface area contributed by atoms with Crippen molar-refractivity contribution in [3.05, 3.63) is 60.4 Å². The van der Waals surface area contributed by atoms with Gasteiger partial charge in [0.2, 0.25) is 11.7 Å². The number of aromatic nitrogens is 7. The van der Waals surface area contributed by atoms with Crippen molar-refractivity contribution in [2.45, 2.75) is 51.6 Å². The van der Waals surface area contributed by atoms with Crippen molar-refractivity contribution in [1.82, 2.24) is 35.0 Å². The number of tetrazole rings is 1. The summed E-state index contributed by atoms with van der Waals surface area (Å²) in [7, 11) is 0. The minimum atomic E-state index is -0.0457. The van der Waals surface area contributed by atoms with E-state index in [2.05, 4.69) is 35.5 Å². The van der Waals surface area contributed by atoms with Gasteiger partial charge in [0.1, 0.15) is 5.82 Å². The van der Waals surface area contributed by atoms with Gasteiger partial charge in [0.05, 0.1) is 6.54 Å². The van der Waals surface area contributed by atoms with Gasteiger partial charge in [-0.05, 0) is 36.6 Å². The van der Waals surface area contributed by atoms with E-state index >= 15 is 0 Å². The lowest BCUT2D eigenvalue weighted by Gasteiger charge is -2.09. The number of benzene rings is 2. The Morgan fingerprint density at radius 3 is 2.73 bits per heavy atom. The first-order chi connectivity index (χ1) is 16.3. The van der Waals surface area contributed by atoms with E-state index in [0.717, 1.165) is 54.3 Å². The molecule has 1 amide bonds. The van der Waals surface area contributed by atoms with Crippen LogP contribution in [0.5, 0.6) is 0 Å². The van der Waals surface area contributed by atoms with Crippen LogP contribution in [0.4, 0.5) is 5.69 Å². The van der Waals surface area contributed by atoms with Gasteiger partial charge in [-0.3, -0.25) is 4.79 Å². The quantitative estimate of drug-likeness (QED) is 0.468. The van der Waals surface area contributed by atoms with E-state index in [1.807, 2.05) is 54.6 Å². The number of hydrogen-bond acceptors (Lipinski definition) is 6. The van der Waals surface area contributed by atoms with Crippen molar-refractivity contribution in [2.75, 3.05) is 5.32 Å². The van der Waals surface area contributed by atoms with Gasteiger partial charge < -0.3 is 9.88 Å². The molecule has 9 heteroatoms. The number of aryl methyl sites for hydroxylation is 2. The first-order valence-corrected chi connectivity index (χ1v) is 11.4. The van der Waals surface area contributed by atoms with Crippen molar-refractivity contribution in [3.8, 4) is 22.8 Å². The van der Waals surface area contributed by atoms with Crippen LogP contribution in [0.1, 0.15) is 37.9 Å². The van der Waals surface area contributed by atoms with Crippen LogP contribution in [-0.4, -0.2) is 40.9 Å². The van der Waals surface area contributed by atoms with E-state index in [0.29, 0.717) is 25.2 Å². The Bertz CT molecular complexity index is 1230. The Balaban J connectivity index is 1.17. The SMILES string of the molecule is O=C(CCCn1nnc(-c2ccccc2)n1)Nc1cccc(-c2nnc3n2CCCCC3)c1. The number of anilines is 1. The highest BCUT2D eigenvalue weighted by atomic mass is 16.1. The third-order valence-electron chi connectivity index (χ3n) is 5.76. The zero-order chi connectivity index (χ0) is 22.5. The minimum absolute atomic E-state index is 0.0457. The molecule has 4 aromatic rings. The molecule has 1 aliphatic rings.